The van der Waals surface area contributed by atoms with Crippen molar-refractivity contribution in [3.05, 3.63) is 28.2 Å². The van der Waals surface area contributed by atoms with E-state index in [9.17, 15) is 4.79 Å². The molecule has 5 heteroatoms. The third-order valence-corrected chi connectivity index (χ3v) is 3.01. The van der Waals surface area contributed by atoms with Gasteiger partial charge in [0, 0.05) is 16.8 Å². The second-order valence-corrected chi connectivity index (χ2v) is 4.93. The molecule has 92 valence electrons. The highest BCUT2D eigenvalue weighted by atomic mass is 79.9. The van der Waals surface area contributed by atoms with Crippen LogP contribution in [0.15, 0.2) is 22.7 Å². The Hall–Kier alpha value is -1.07. The van der Waals surface area contributed by atoms with E-state index in [1.165, 1.54) is 0 Å². The van der Waals surface area contributed by atoms with Crippen molar-refractivity contribution in [3.8, 4) is 0 Å². The molecule has 1 atom stereocenters. The fraction of sp³-hybridized carbons (Fsp3) is 0.417. The molecule has 1 aromatic rings. The quantitative estimate of drug-likeness (QED) is 0.673. The molecule has 1 heterocycles. The first-order valence-corrected chi connectivity index (χ1v) is 6.29. The van der Waals surface area contributed by atoms with Gasteiger partial charge in [-0.1, -0.05) is 15.9 Å². The topological polar surface area (TPSA) is 61.6 Å². The van der Waals surface area contributed by atoms with E-state index >= 15 is 0 Å². The highest BCUT2D eigenvalue weighted by Crippen LogP contribution is 2.19. The van der Waals surface area contributed by atoms with Crippen LogP contribution in [0.25, 0.3) is 0 Å². The van der Waals surface area contributed by atoms with Crippen molar-refractivity contribution >= 4 is 27.6 Å². The monoisotopic (exact) mass is 299 g/mol. The number of hydrogen-bond acceptors (Lipinski definition) is 4. The molecule has 0 spiro atoms. The molecule has 0 bridgehead atoms. The number of carbonyl (C=O) groups excluding carboxylic acids is 1. The maximum atomic E-state index is 11.9. The Labute approximate surface area is 108 Å². The van der Waals surface area contributed by atoms with Crippen molar-refractivity contribution in [1.82, 2.24) is 0 Å². The summed E-state index contributed by atoms with van der Waals surface area (Å²) in [5.74, 6) is -0.353. The lowest BCUT2D eigenvalue weighted by Crippen LogP contribution is -2.28. The van der Waals surface area contributed by atoms with Gasteiger partial charge in [-0.2, -0.15) is 0 Å². The number of ether oxygens (including phenoxy) is 2. The van der Waals surface area contributed by atoms with Gasteiger partial charge in [0.25, 0.3) is 0 Å². The van der Waals surface area contributed by atoms with Gasteiger partial charge in [0.15, 0.2) is 0 Å². The summed E-state index contributed by atoms with van der Waals surface area (Å²) >= 11 is 3.29. The minimum absolute atomic E-state index is 0.142. The molecular weight excluding hydrogens is 286 g/mol. The summed E-state index contributed by atoms with van der Waals surface area (Å²) in [6.45, 7) is 1.23. The first-order chi connectivity index (χ1) is 8.15. The van der Waals surface area contributed by atoms with E-state index in [0.29, 0.717) is 17.9 Å². The second-order valence-electron chi connectivity index (χ2n) is 4.02. The molecule has 2 rings (SSSR count). The lowest BCUT2D eigenvalue weighted by Gasteiger charge is -2.22. The van der Waals surface area contributed by atoms with Gasteiger partial charge in [0.2, 0.25) is 0 Å². The lowest BCUT2D eigenvalue weighted by atomic mass is 10.1. The SMILES string of the molecule is Nc1cc(Br)cc(C(=O)OC2CCCOC2)c1. The van der Waals surface area contributed by atoms with E-state index < -0.39 is 0 Å². The summed E-state index contributed by atoms with van der Waals surface area (Å²) < 4.78 is 11.4. The van der Waals surface area contributed by atoms with Gasteiger partial charge < -0.3 is 15.2 Å². The summed E-state index contributed by atoms with van der Waals surface area (Å²) in [4.78, 5) is 11.9. The summed E-state index contributed by atoms with van der Waals surface area (Å²) in [7, 11) is 0. The van der Waals surface area contributed by atoms with Crippen molar-refractivity contribution < 1.29 is 14.3 Å². The second kappa shape index (κ2) is 5.51. The number of rotatable bonds is 2. The van der Waals surface area contributed by atoms with E-state index in [0.717, 1.165) is 23.9 Å². The molecule has 1 saturated heterocycles. The molecule has 0 radical (unpaired) electrons. The Bertz CT molecular complexity index is 396. The van der Waals surface area contributed by atoms with Crippen LogP contribution in [0.1, 0.15) is 23.2 Å². The first kappa shape index (κ1) is 12.4. The van der Waals surface area contributed by atoms with Gasteiger partial charge in [-0.3, -0.25) is 0 Å². The summed E-state index contributed by atoms with van der Waals surface area (Å²) in [6, 6.07) is 5.04. The largest absolute Gasteiger partial charge is 0.456 e. The van der Waals surface area contributed by atoms with Crippen LogP contribution in [0.2, 0.25) is 0 Å². The van der Waals surface area contributed by atoms with E-state index in [2.05, 4.69) is 15.9 Å². The van der Waals surface area contributed by atoms with Crippen LogP contribution in [0.5, 0.6) is 0 Å². The number of nitrogens with two attached hydrogens (primary N) is 1. The van der Waals surface area contributed by atoms with E-state index in [1.807, 2.05) is 0 Å². The van der Waals surface area contributed by atoms with E-state index in [1.54, 1.807) is 18.2 Å². The van der Waals surface area contributed by atoms with Crippen molar-refractivity contribution in [1.29, 1.82) is 0 Å². The van der Waals surface area contributed by atoms with Crippen LogP contribution in [0.4, 0.5) is 5.69 Å². The zero-order valence-corrected chi connectivity index (χ0v) is 10.9. The first-order valence-electron chi connectivity index (χ1n) is 5.50. The van der Waals surface area contributed by atoms with Gasteiger partial charge in [0.1, 0.15) is 6.10 Å². The van der Waals surface area contributed by atoms with Crippen molar-refractivity contribution in [2.45, 2.75) is 18.9 Å². The minimum atomic E-state index is -0.353. The van der Waals surface area contributed by atoms with Gasteiger partial charge in [-0.15, -0.1) is 0 Å². The zero-order chi connectivity index (χ0) is 12.3. The maximum Gasteiger partial charge on any atom is 0.338 e. The minimum Gasteiger partial charge on any atom is -0.456 e. The van der Waals surface area contributed by atoms with Crippen LogP contribution in [-0.2, 0) is 9.47 Å². The van der Waals surface area contributed by atoms with Gasteiger partial charge in [-0.05, 0) is 31.0 Å². The number of benzene rings is 1. The summed E-state index contributed by atoms with van der Waals surface area (Å²) in [6.07, 6.45) is 1.64. The molecule has 1 fully saturated rings. The molecule has 0 amide bonds. The molecule has 4 nitrogen and oxygen atoms in total. The Morgan fingerprint density at radius 3 is 2.94 bits per heavy atom. The highest BCUT2D eigenvalue weighted by molar-refractivity contribution is 9.10. The van der Waals surface area contributed by atoms with Crippen molar-refractivity contribution in [3.63, 3.8) is 0 Å². The fourth-order valence-corrected chi connectivity index (χ4v) is 2.26. The third-order valence-electron chi connectivity index (χ3n) is 2.55. The van der Waals surface area contributed by atoms with Crippen LogP contribution in [0, 0.1) is 0 Å². The van der Waals surface area contributed by atoms with E-state index in [4.69, 9.17) is 15.2 Å². The lowest BCUT2D eigenvalue weighted by molar-refractivity contribution is -0.0306. The summed E-state index contributed by atoms with van der Waals surface area (Å²) in [5.41, 5.74) is 6.66. The number of halogens is 1. The van der Waals surface area contributed by atoms with Crippen molar-refractivity contribution in [2.24, 2.45) is 0 Å². The van der Waals surface area contributed by atoms with Gasteiger partial charge in [-0.25, -0.2) is 4.79 Å². The van der Waals surface area contributed by atoms with Gasteiger partial charge in [0.05, 0.1) is 12.2 Å². The van der Waals surface area contributed by atoms with E-state index in [-0.39, 0.29) is 12.1 Å². The number of carbonyl (C=O) groups is 1. The number of nitrogen functional groups attached to an aromatic ring is 1. The summed E-state index contributed by atoms with van der Waals surface area (Å²) in [5, 5.41) is 0. The molecular formula is C12H14BrNO3. The third kappa shape index (κ3) is 3.44. The number of hydrogen-bond donors (Lipinski definition) is 1. The predicted octanol–water partition coefficient (Wildman–Crippen LogP) is 2.37. The molecule has 0 aliphatic carbocycles. The number of anilines is 1. The van der Waals surface area contributed by atoms with Crippen LogP contribution in [-0.4, -0.2) is 25.3 Å². The molecule has 1 unspecified atom stereocenters. The Morgan fingerprint density at radius 1 is 1.47 bits per heavy atom. The predicted molar refractivity (Wildman–Crippen MR) is 67.8 cm³/mol. The average Bonchev–Trinajstić information content (AvgIpc) is 2.29. The Morgan fingerprint density at radius 2 is 2.29 bits per heavy atom. The van der Waals surface area contributed by atoms with Crippen molar-refractivity contribution in [2.75, 3.05) is 18.9 Å². The Balaban J connectivity index is 2.03. The number of esters is 1. The van der Waals surface area contributed by atoms with Crippen LogP contribution < -0.4 is 5.73 Å². The molecule has 0 saturated carbocycles. The fourth-order valence-electron chi connectivity index (χ4n) is 1.75. The molecule has 1 aliphatic rings. The van der Waals surface area contributed by atoms with Crippen LogP contribution >= 0.6 is 15.9 Å². The Kier molecular flexibility index (Phi) is 4.02. The molecule has 2 N–H and O–H groups in total. The maximum absolute atomic E-state index is 11.9. The normalized spacial score (nSPS) is 19.9. The molecule has 1 aliphatic heterocycles. The smallest absolute Gasteiger partial charge is 0.338 e. The molecule has 17 heavy (non-hydrogen) atoms. The molecule has 1 aromatic carbocycles. The molecule has 0 aromatic heterocycles. The standard InChI is InChI=1S/C12H14BrNO3/c13-9-4-8(5-10(14)6-9)12(15)17-11-2-1-3-16-7-11/h4-6,11H,1-3,7,14H2. The zero-order valence-electron chi connectivity index (χ0n) is 9.32. The van der Waals surface area contributed by atoms with Gasteiger partial charge >= 0.3 is 5.97 Å². The average molecular weight is 300 g/mol. The van der Waals surface area contributed by atoms with Crippen LogP contribution in [0.3, 0.4) is 0 Å². The highest BCUT2D eigenvalue weighted by Gasteiger charge is 2.19.